The van der Waals surface area contributed by atoms with Gasteiger partial charge in [-0.25, -0.2) is 0 Å². The molecule has 0 radical (unpaired) electrons. The number of hydrogen-bond donors (Lipinski definition) is 2. The maximum absolute atomic E-state index is 10.8. The Bertz CT molecular complexity index is 755. The SMILES string of the molecule is N=CC(c1ccccc1)(C1CCN(Cc2ccccc2)CC1)C1CCCC1O. The van der Waals surface area contributed by atoms with Gasteiger partial charge in [-0.1, -0.05) is 67.1 Å². The molecule has 2 aromatic rings. The second kappa shape index (κ2) is 8.59. The van der Waals surface area contributed by atoms with Crippen LogP contribution >= 0.6 is 0 Å². The van der Waals surface area contributed by atoms with Crippen molar-refractivity contribution in [1.82, 2.24) is 4.90 Å². The summed E-state index contributed by atoms with van der Waals surface area (Å²) in [6.07, 6.45) is 6.54. The summed E-state index contributed by atoms with van der Waals surface area (Å²) in [5.74, 6) is 0.579. The van der Waals surface area contributed by atoms with Crippen LogP contribution in [0.1, 0.15) is 43.2 Å². The highest BCUT2D eigenvalue weighted by Crippen LogP contribution is 2.49. The largest absolute Gasteiger partial charge is 0.393 e. The van der Waals surface area contributed by atoms with Crippen LogP contribution in [0, 0.1) is 17.2 Å². The first kappa shape index (κ1) is 19.4. The van der Waals surface area contributed by atoms with Crippen molar-refractivity contribution in [3.63, 3.8) is 0 Å². The van der Waals surface area contributed by atoms with Crippen LogP contribution in [0.25, 0.3) is 0 Å². The lowest BCUT2D eigenvalue weighted by Crippen LogP contribution is -2.50. The van der Waals surface area contributed by atoms with Crippen molar-refractivity contribution in [3.05, 3.63) is 71.8 Å². The van der Waals surface area contributed by atoms with Gasteiger partial charge in [-0.3, -0.25) is 4.90 Å². The highest BCUT2D eigenvalue weighted by Gasteiger charge is 2.50. The number of hydrogen-bond acceptors (Lipinski definition) is 3. The third-order valence-electron chi connectivity index (χ3n) is 7.12. The molecule has 0 spiro atoms. The number of piperidine rings is 1. The molecule has 2 aromatic carbocycles. The number of benzene rings is 2. The molecule has 0 amide bonds. The molecule has 2 N–H and O–H groups in total. The van der Waals surface area contributed by atoms with E-state index in [2.05, 4.69) is 59.5 Å². The second-order valence-corrected chi connectivity index (χ2v) is 8.58. The molecule has 3 atom stereocenters. The lowest BCUT2D eigenvalue weighted by molar-refractivity contribution is 0.0579. The molecular weight excluding hydrogens is 344 g/mol. The first-order chi connectivity index (χ1) is 13.7. The summed E-state index contributed by atoms with van der Waals surface area (Å²) in [7, 11) is 0. The van der Waals surface area contributed by atoms with E-state index in [-0.39, 0.29) is 17.4 Å². The van der Waals surface area contributed by atoms with Crippen LogP contribution < -0.4 is 0 Å². The van der Waals surface area contributed by atoms with E-state index in [1.54, 1.807) is 6.21 Å². The lowest BCUT2D eigenvalue weighted by Gasteiger charge is -2.47. The summed E-state index contributed by atoms with van der Waals surface area (Å²) >= 11 is 0. The highest BCUT2D eigenvalue weighted by molar-refractivity contribution is 5.72. The summed E-state index contributed by atoms with van der Waals surface area (Å²) in [6.45, 7) is 3.12. The minimum absolute atomic E-state index is 0.165. The molecule has 1 heterocycles. The van der Waals surface area contributed by atoms with Crippen molar-refractivity contribution >= 4 is 6.21 Å². The van der Waals surface area contributed by atoms with Crippen molar-refractivity contribution < 1.29 is 5.11 Å². The number of nitrogens with zero attached hydrogens (tertiary/aromatic N) is 1. The summed E-state index contributed by atoms with van der Waals surface area (Å²) in [5.41, 5.74) is 2.25. The van der Waals surface area contributed by atoms with Gasteiger partial charge in [0.1, 0.15) is 0 Å². The van der Waals surface area contributed by atoms with Crippen LogP contribution in [-0.4, -0.2) is 35.4 Å². The zero-order valence-electron chi connectivity index (χ0n) is 16.6. The number of nitrogens with one attached hydrogen (secondary N) is 1. The fourth-order valence-electron chi connectivity index (χ4n) is 5.70. The van der Waals surface area contributed by atoms with Gasteiger partial charge in [0.05, 0.1) is 6.10 Å². The van der Waals surface area contributed by atoms with E-state index >= 15 is 0 Å². The van der Waals surface area contributed by atoms with Crippen molar-refractivity contribution in [2.24, 2.45) is 11.8 Å². The number of rotatable bonds is 6. The molecule has 0 aromatic heterocycles. The molecule has 1 saturated heterocycles. The van der Waals surface area contributed by atoms with Crippen molar-refractivity contribution in [2.75, 3.05) is 13.1 Å². The third kappa shape index (κ3) is 3.66. The lowest BCUT2D eigenvalue weighted by atomic mass is 9.59. The van der Waals surface area contributed by atoms with E-state index in [9.17, 15) is 5.11 Å². The Morgan fingerprint density at radius 2 is 1.57 bits per heavy atom. The van der Waals surface area contributed by atoms with Gasteiger partial charge in [-0.2, -0.15) is 0 Å². The van der Waals surface area contributed by atoms with Gasteiger partial charge < -0.3 is 10.5 Å². The van der Waals surface area contributed by atoms with Gasteiger partial charge in [0.25, 0.3) is 0 Å². The molecule has 1 saturated carbocycles. The van der Waals surface area contributed by atoms with E-state index in [0.717, 1.165) is 51.7 Å². The molecule has 1 aliphatic heterocycles. The predicted octanol–water partition coefficient (Wildman–Crippen LogP) is 4.65. The number of aliphatic hydroxyl groups is 1. The first-order valence-electron chi connectivity index (χ1n) is 10.8. The molecule has 3 heteroatoms. The van der Waals surface area contributed by atoms with Crippen LogP contribution in [-0.2, 0) is 12.0 Å². The molecule has 2 fully saturated rings. The van der Waals surface area contributed by atoms with Crippen molar-refractivity contribution in [2.45, 2.75) is 50.2 Å². The zero-order chi connectivity index (χ0) is 19.4. The Morgan fingerprint density at radius 3 is 2.14 bits per heavy atom. The molecule has 0 bridgehead atoms. The third-order valence-corrected chi connectivity index (χ3v) is 7.12. The van der Waals surface area contributed by atoms with Crippen LogP contribution in [0.15, 0.2) is 60.7 Å². The van der Waals surface area contributed by atoms with Crippen LogP contribution in [0.4, 0.5) is 0 Å². The maximum Gasteiger partial charge on any atom is 0.0580 e. The van der Waals surface area contributed by atoms with Gasteiger partial charge in [-0.15, -0.1) is 0 Å². The predicted molar refractivity (Wildman–Crippen MR) is 115 cm³/mol. The van der Waals surface area contributed by atoms with Gasteiger partial charge >= 0.3 is 0 Å². The number of aliphatic hydroxyl groups excluding tert-OH is 1. The average molecular weight is 377 g/mol. The quantitative estimate of drug-likeness (QED) is 0.721. The van der Waals surface area contributed by atoms with Crippen molar-refractivity contribution in [3.8, 4) is 0 Å². The summed E-state index contributed by atoms with van der Waals surface area (Å²) in [4.78, 5) is 2.54. The molecule has 2 aliphatic rings. The standard InChI is InChI=1S/C25H32N2O/c26-19-25(21-10-5-2-6-11-21,23-12-7-13-24(23)28)22-14-16-27(17-15-22)18-20-8-3-1-4-9-20/h1-6,8-11,19,22-24,26,28H,7,12-18H2. The van der Waals surface area contributed by atoms with Crippen LogP contribution in [0.3, 0.4) is 0 Å². The molecule has 148 valence electrons. The van der Waals surface area contributed by atoms with Gasteiger partial charge in [0, 0.05) is 18.2 Å². The monoisotopic (exact) mass is 376 g/mol. The van der Waals surface area contributed by atoms with Gasteiger partial charge in [0.2, 0.25) is 0 Å². The van der Waals surface area contributed by atoms with Crippen LogP contribution in [0.5, 0.6) is 0 Å². The molecular formula is C25H32N2O. The molecule has 28 heavy (non-hydrogen) atoms. The van der Waals surface area contributed by atoms with E-state index in [1.165, 1.54) is 11.1 Å². The minimum Gasteiger partial charge on any atom is -0.393 e. The summed E-state index contributed by atoms with van der Waals surface area (Å²) in [5, 5.41) is 19.3. The van der Waals surface area contributed by atoms with E-state index in [0.29, 0.717) is 5.92 Å². The Hall–Kier alpha value is -1.97. The minimum atomic E-state index is -0.337. The Balaban J connectivity index is 1.55. The summed E-state index contributed by atoms with van der Waals surface area (Å²) < 4.78 is 0. The Morgan fingerprint density at radius 1 is 0.929 bits per heavy atom. The van der Waals surface area contributed by atoms with E-state index in [4.69, 9.17) is 5.41 Å². The fraction of sp³-hybridized carbons (Fsp3) is 0.480. The second-order valence-electron chi connectivity index (χ2n) is 8.58. The van der Waals surface area contributed by atoms with Crippen molar-refractivity contribution in [1.29, 1.82) is 5.41 Å². The normalized spacial score (nSPS) is 26.0. The Labute approximate surface area is 168 Å². The van der Waals surface area contributed by atoms with Crippen LogP contribution in [0.2, 0.25) is 0 Å². The topological polar surface area (TPSA) is 47.3 Å². The zero-order valence-corrected chi connectivity index (χ0v) is 16.6. The smallest absolute Gasteiger partial charge is 0.0580 e. The van der Waals surface area contributed by atoms with E-state index < -0.39 is 0 Å². The molecule has 4 rings (SSSR count). The molecule has 3 nitrogen and oxygen atoms in total. The fourth-order valence-corrected chi connectivity index (χ4v) is 5.70. The van der Waals surface area contributed by atoms with Gasteiger partial charge in [-0.05, 0) is 61.7 Å². The number of likely N-dealkylation sites (tertiary alicyclic amines) is 1. The Kier molecular flexibility index (Phi) is 5.93. The van der Waals surface area contributed by atoms with E-state index in [1.807, 2.05) is 6.07 Å². The highest BCUT2D eigenvalue weighted by atomic mass is 16.3. The average Bonchev–Trinajstić information content (AvgIpc) is 3.18. The van der Waals surface area contributed by atoms with Gasteiger partial charge in [0.15, 0.2) is 0 Å². The maximum atomic E-state index is 10.8. The molecule has 1 aliphatic carbocycles. The first-order valence-corrected chi connectivity index (χ1v) is 10.8. The summed E-state index contributed by atoms with van der Waals surface area (Å²) in [6, 6.07) is 21.3. The molecule has 3 unspecified atom stereocenters.